The molecule has 1 amide bonds. The van der Waals surface area contributed by atoms with Crippen LogP contribution in [0.5, 0.6) is 0 Å². The minimum Gasteiger partial charge on any atom is -0.298 e. The van der Waals surface area contributed by atoms with Crippen LogP contribution in [0.15, 0.2) is 45.7 Å². The number of halogens is 1. The predicted octanol–water partition coefficient (Wildman–Crippen LogP) is 3.97. The Labute approximate surface area is 166 Å². The van der Waals surface area contributed by atoms with Crippen molar-refractivity contribution in [3.8, 4) is 0 Å². The van der Waals surface area contributed by atoms with Gasteiger partial charge in [-0.2, -0.15) is 0 Å². The van der Waals surface area contributed by atoms with Gasteiger partial charge >= 0.3 is 0 Å². The van der Waals surface area contributed by atoms with Crippen LogP contribution in [0.3, 0.4) is 0 Å². The number of carbonyl (C=O) groups is 1. The first-order chi connectivity index (χ1) is 13.1. The Morgan fingerprint density at radius 1 is 1.15 bits per heavy atom. The molecular formula is C19H13BrN4O2S. The summed E-state index contributed by atoms with van der Waals surface area (Å²) in [5, 5.41) is 3.92. The van der Waals surface area contributed by atoms with Crippen molar-refractivity contribution >= 4 is 59.4 Å². The Hall–Kier alpha value is -2.58. The predicted molar refractivity (Wildman–Crippen MR) is 110 cm³/mol. The number of rotatable bonds is 2. The highest BCUT2D eigenvalue weighted by atomic mass is 79.9. The zero-order valence-electron chi connectivity index (χ0n) is 14.0. The lowest BCUT2D eigenvalue weighted by molar-refractivity contribution is 0.102. The molecule has 1 aliphatic heterocycles. The van der Waals surface area contributed by atoms with Crippen LogP contribution in [-0.4, -0.2) is 20.4 Å². The largest absolute Gasteiger partial charge is 0.298 e. The van der Waals surface area contributed by atoms with Crippen molar-refractivity contribution in [2.45, 2.75) is 19.4 Å². The van der Waals surface area contributed by atoms with Crippen molar-refractivity contribution in [2.75, 3.05) is 5.32 Å². The summed E-state index contributed by atoms with van der Waals surface area (Å²) in [5.41, 5.74) is 1.82. The second-order valence-corrected chi connectivity index (χ2v) is 8.35. The Morgan fingerprint density at radius 2 is 2.04 bits per heavy atom. The van der Waals surface area contributed by atoms with E-state index < -0.39 is 0 Å². The maximum atomic E-state index is 12.7. The second-order valence-electron chi connectivity index (χ2n) is 6.41. The van der Waals surface area contributed by atoms with E-state index in [9.17, 15) is 9.59 Å². The summed E-state index contributed by atoms with van der Waals surface area (Å²) in [4.78, 5) is 34.2. The van der Waals surface area contributed by atoms with E-state index in [2.05, 4.69) is 31.2 Å². The molecule has 0 aliphatic carbocycles. The maximum Gasteiger partial charge on any atom is 0.261 e. The van der Waals surface area contributed by atoms with E-state index in [-0.39, 0.29) is 11.5 Å². The SMILES string of the molecule is O=C(Nc1nc2ccc(Br)cc2s1)c1ccc2c(=O)n3c(nc2c1)CCC3. The topological polar surface area (TPSA) is 76.9 Å². The molecule has 2 aromatic heterocycles. The monoisotopic (exact) mass is 440 g/mol. The summed E-state index contributed by atoms with van der Waals surface area (Å²) in [6, 6.07) is 10.8. The number of hydrogen-bond donors (Lipinski definition) is 1. The van der Waals surface area contributed by atoms with Crippen molar-refractivity contribution in [1.29, 1.82) is 0 Å². The van der Waals surface area contributed by atoms with E-state index in [1.165, 1.54) is 11.3 Å². The standard InChI is InChI=1S/C19H13BrN4O2S/c20-11-4-6-13-15(9-11)27-19(22-13)23-17(25)10-3-5-12-14(8-10)21-16-2-1-7-24(16)18(12)26/h3-6,8-9H,1-2,7H2,(H,22,23,25). The van der Waals surface area contributed by atoms with E-state index in [1.807, 2.05) is 18.2 Å². The van der Waals surface area contributed by atoms with E-state index >= 15 is 0 Å². The highest BCUT2D eigenvalue weighted by Gasteiger charge is 2.17. The van der Waals surface area contributed by atoms with Gasteiger partial charge in [-0.3, -0.25) is 19.5 Å². The zero-order valence-corrected chi connectivity index (χ0v) is 16.4. The Bertz CT molecular complexity index is 1290. The van der Waals surface area contributed by atoms with E-state index in [0.717, 1.165) is 33.4 Å². The number of anilines is 1. The average Bonchev–Trinajstić information content (AvgIpc) is 3.27. The van der Waals surface area contributed by atoms with Gasteiger partial charge in [0.2, 0.25) is 0 Å². The fourth-order valence-corrected chi connectivity index (χ4v) is 4.76. The smallest absolute Gasteiger partial charge is 0.261 e. The van der Waals surface area contributed by atoms with Crippen molar-refractivity contribution in [1.82, 2.24) is 14.5 Å². The molecule has 0 saturated heterocycles. The van der Waals surface area contributed by atoms with Gasteiger partial charge in [0.1, 0.15) is 5.82 Å². The minimum absolute atomic E-state index is 0.0313. The molecule has 0 unspecified atom stereocenters. The van der Waals surface area contributed by atoms with Gasteiger partial charge in [-0.25, -0.2) is 9.97 Å². The number of carbonyl (C=O) groups excluding carboxylic acids is 1. The molecule has 6 nitrogen and oxygen atoms in total. The maximum absolute atomic E-state index is 12.7. The van der Waals surface area contributed by atoms with Gasteiger partial charge in [-0.05, 0) is 42.8 Å². The van der Waals surface area contributed by atoms with Crippen molar-refractivity contribution in [3.63, 3.8) is 0 Å². The van der Waals surface area contributed by atoms with Gasteiger partial charge in [0.25, 0.3) is 11.5 Å². The van der Waals surface area contributed by atoms with Gasteiger partial charge < -0.3 is 0 Å². The molecule has 0 radical (unpaired) electrons. The van der Waals surface area contributed by atoms with Crippen LogP contribution in [0.4, 0.5) is 5.13 Å². The number of amides is 1. The third-order valence-corrected chi connectivity index (χ3v) is 6.08. The molecule has 0 atom stereocenters. The summed E-state index contributed by atoms with van der Waals surface area (Å²) in [5.74, 6) is 0.527. The molecule has 8 heteroatoms. The van der Waals surface area contributed by atoms with Gasteiger partial charge in [-0.15, -0.1) is 0 Å². The van der Waals surface area contributed by atoms with Crippen molar-refractivity contribution in [3.05, 3.63) is 62.6 Å². The van der Waals surface area contributed by atoms with E-state index in [1.54, 1.807) is 22.8 Å². The first-order valence-electron chi connectivity index (χ1n) is 8.49. The number of benzene rings is 2. The number of aryl methyl sites for hydroxylation is 1. The van der Waals surface area contributed by atoms with Crippen molar-refractivity contribution < 1.29 is 4.79 Å². The van der Waals surface area contributed by atoms with E-state index in [4.69, 9.17) is 0 Å². The first kappa shape index (κ1) is 16.6. The molecule has 1 aliphatic rings. The fraction of sp³-hybridized carbons (Fsp3) is 0.158. The lowest BCUT2D eigenvalue weighted by atomic mass is 10.1. The molecule has 0 fully saturated rings. The second kappa shape index (κ2) is 6.24. The van der Waals surface area contributed by atoms with Gasteiger partial charge in [0, 0.05) is 23.0 Å². The van der Waals surface area contributed by atoms with Gasteiger partial charge in [0.15, 0.2) is 5.13 Å². The van der Waals surface area contributed by atoms with Crippen LogP contribution < -0.4 is 10.9 Å². The third kappa shape index (κ3) is 2.85. The molecule has 27 heavy (non-hydrogen) atoms. The first-order valence-corrected chi connectivity index (χ1v) is 10.1. The van der Waals surface area contributed by atoms with Gasteiger partial charge in [-0.1, -0.05) is 27.3 Å². The molecule has 2 aromatic carbocycles. The molecule has 5 rings (SSSR count). The Morgan fingerprint density at radius 3 is 2.93 bits per heavy atom. The van der Waals surface area contributed by atoms with Crippen LogP contribution in [0.2, 0.25) is 0 Å². The summed E-state index contributed by atoms with van der Waals surface area (Å²) in [6.07, 6.45) is 1.72. The van der Waals surface area contributed by atoms with Crippen LogP contribution >= 0.6 is 27.3 Å². The quantitative estimate of drug-likeness (QED) is 0.511. The number of nitrogens with one attached hydrogen (secondary N) is 1. The molecule has 0 spiro atoms. The summed E-state index contributed by atoms with van der Waals surface area (Å²) < 4.78 is 3.68. The van der Waals surface area contributed by atoms with Crippen LogP contribution in [-0.2, 0) is 13.0 Å². The highest BCUT2D eigenvalue weighted by Crippen LogP contribution is 2.29. The Balaban J connectivity index is 1.49. The van der Waals surface area contributed by atoms with Crippen LogP contribution in [0.1, 0.15) is 22.6 Å². The average molecular weight is 441 g/mol. The Kier molecular flexibility index (Phi) is 3.84. The normalized spacial score (nSPS) is 13.2. The molecule has 134 valence electrons. The molecule has 0 saturated carbocycles. The molecule has 4 aromatic rings. The minimum atomic E-state index is -0.266. The number of aromatic nitrogens is 3. The lowest BCUT2D eigenvalue weighted by Crippen LogP contribution is -2.21. The van der Waals surface area contributed by atoms with Crippen LogP contribution in [0.25, 0.3) is 21.1 Å². The highest BCUT2D eigenvalue weighted by molar-refractivity contribution is 9.10. The number of hydrogen-bond acceptors (Lipinski definition) is 5. The van der Waals surface area contributed by atoms with Crippen LogP contribution in [0, 0.1) is 0 Å². The number of nitrogens with zero attached hydrogens (tertiary/aromatic N) is 3. The molecule has 0 bridgehead atoms. The molecule has 3 heterocycles. The fourth-order valence-electron chi connectivity index (χ4n) is 3.35. The third-order valence-electron chi connectivity index (χ3n) is 4.65. The zero-order chi connectivity index (χ0) is 18.5. The summed E-state index contributed by atoms with van der Waals surface area (Å²) in [7, 11) is 0. The lowest BCUT2D eigenvalue weighted by Gasteiger charge is -2.06. The molecular weight excluding hydrogens is 428 g/mol. The summed E-state index contributed by atoms with van der Waals surface area (Å²) in [6.45, 7) is 0.715. The van der Waals surface area contributed by atoms with Crippen molar-refractivity contribution in [2.24, 2.45) is 0 Å². The van der Waals surface area contributed by atoms with Gasteiger partial charge in [0.05, 0.1) is 21.1 Å². The number of fused-ring (bicyclic) bond motifs is 3. The van der Waals surface area contributed by atoms with E-state index in [0.29, 0.717) is 28.1 Å². The molecule has 1 N–H and O–H groups in total. The summed E-state index contributed by atoms with van der Waals surface area (Å²) >= 11 is 4.85. The number of thiazole rings is 1.